The maximum Gasteiger partial charge on any atom is 0.410 e. The van der Waals surface area contributed by atoms with Crippen molar-refractivity contribution in [3.8, 4) is 0 Å². The van der Waals surface area contributed by atoms with Crippen LogP contribution < -0.4 is 0 Å². The lowest BCUT2D eigenvalue weighted by Gasteiger charge is -2.38. The quantitative estimate of drug-likeness (QED) is 0.448. The number of carbonyl (C=O) groups excluding carboxylic acids is 1. The van der Waals surface area contributed by atoms with Crippen molar-refractivity contribution in [3.63, 3.8) is 0 Å². The minimum atomic E-state index is -0.413. The Balaban J connectivity index is 0.000000550. The fourth-order valence-corrected chi connectivity index (χ4v) is 2.27. The molecule has 0 saturated carbocycles. The van der Waals surface area contributed by atoms with Crippen molar-refractivity contribution < 1.29 is 9.53 Å². The van der Waals surface area contributed by atoms with Gasteiger partial charge in [0.1, 0.15) is 5.60 Å². The summed E-state index contributed by atoms with van der Waals surface area (Å²) in [6.07, 6.45) is 1.58. The molecule has 7 nitrogen and oxygen atoms in total. The van der Waals surface area contributed by atoms with Gasteiger partial charge in [-0.2, -0.15) is 0 Å². The van der Waals surface area contributed by atoms with Crippen LogP contribution in [0.3, 0.4) is 0 Å². The molecule has 0 aliphatic carbocycles. The Morgan fingerprint density at radius 3 is 2.53 bits per heavy atom. The summed E-state index contributed by atoms with van der Waals surface area (Å²) in [7, 11) is 0. The van der Waals surface area contributed by atoms with Crippen molar-refractivity contribution >= 4 is 17.4 Å². The van der Waals surface area contributed by atoms with E-state index in [4.69, 9.17) is 15.8 Å². The number of rotatable bonds is 1. The second-order valence-corrected chi connectivity index (χ2v) is 5.97. The van der Waals surface area contributed by atoms with Gasteiger partial charge in [0, 0.05) is 30.6 Å². The monoisotopic (exact) mass is 282 g/mol. The molecule has 1 aliphatic rings. The average molecular weight is 282 g/mol. The molecular weight excluding hydrogens is 266 g/mol. The minimum absolute atomic E-state index is 0.222. The molecular formula is C11H16N5O2S-. The highest BCUT2D eigenvalue weighted by Crippen LogP contribution is 2.29. The summed E-state index contributed by atoms with van der Waals surface area (Å²) in [5, 5.41) is 3.07. The molecule has 8 heteroatoms. The zero-order valence-electron chi connectivity index (χ0n) is 11.1. The van der Waals surface area contributed by atoms with Crippen LogP contribution in [0.5, 0.6) is 0 Å². The first-order valence-corrected chi connectivity index (χ1v) is 6.61. The van der Waals surface area contributed by atoms with Crippen molar-refractivity contribution in [3.05, 3.63) is 32.6 Å². The van der Waals surface area contributed by atoms with Gasteiger partial charge in [-0.1, -0.05) is 0 Å². The van der Waals surface area contributed by atoms with E-state index in [1.807, 2.05) is 26.2 Å². The lowest BCUT2D eigenvalue weighted by Crippen LogP contribution is -2.50. The van der Waals surface area contributed by atoms with Gasteiger partial charge >= 0.3 is 6.09 Å². The molecule has 2 heterocycles. The Morgan fingerprint density at radius 1 is 1.53 bits per heavy atom. The summed E-state index contributed by atoms with van der Waals surface area (Å²) >= 11 is 1.64. The molecule has 19 heavy (non-hydrogen) atoms. The number of thiazole rings is 1. The highest BCUT2D eigenvalue weighted by atomic mass is 32.1. The highest BCUT2D eigenvalue weighted by Gasteiger charge is 2.35. The van der Waals surface area contributed by atoms with Crippen molar-refractivity contribution in [1.29, 1.82) is 0 Å². The van der Waals surface area contributed by atoms with Gasteiger partial charge in [0.25, 0.3) is 0 Å². The number of nitrogens with zero attached hydrogens (tertiary/aromatic N) is 5. The van der Waals surface area contributed by atoms with Crippen molar-refractivity contribution in [2.75, 3.05) is 13.1 Å². The smallest absolute Gasteiger partial charge is 0.410 e. The lowest BCUT2D eigenvalue weighted by atomic mass is 10.0. The number of likely N-dealkylation sites (tertiary alicyclic amines) is 1. The van der Waals surface area contributed by atoms with E-state index in [-0.39, 0.29) is 6.09 Å². The second kappa shape index (κ2) is 6.40. The number of hydrogen-bond donors (Lipinski definition) is 0. The average Bonchev–Trinajstić information content (AvgIpc) is 2.66. The maximum absolute atomic E-state index is 11.6. The zero-order chi connectivity index (χ0) is 14.5. The topological polar surface area (TPSA) is 101 Å². The van der Waals surface area contributed by atoms with E-state index in [2.05, 4.69) is 4.98 Å². The molecule has 1 saturated heterocycles. The van der Waals surface area contributed by atoms with Gasteiger partial charge in [-0.3, -0.25) is 4.91 Å². The molecule has 1 amide bonds. The second-order valence-electron chi connectivity index (χ2n) is 5.04. The molecule has 104 valence electrons. The standard InChI is InChI=1S/C11H16N2O2S.N3/c1-11(2,3)15-10(14)13-6-8(7-13)9-12-4-5-16-9;1-3-2/h4-5,8H,6-7H2,1-3H3;/q;-1. The van der Waals surface area contributed by atoms with Crippen LogP contribution in [0, 0.1) is 0 Å². The SMILES string of the molecule is CC(C)(C)OC(=O)N1CC(c2nccs2)C1.[N-]=[N+]=[N-]. The van der Waals surface area contributed by atoms with Gasteiger partial charge < -0.3 is 20.7 Å². The number of hydrogen-bond acceptors (Lipinski definition) is 4. The molecule has 1 fully saturated rings. The molecule has 0 bridgehead atoms. The van der Waals surface area contributed by atoms with Crippen molar-refractivity contribution in [2.45, 2.75) is 32.3 Å². The molecule has 0 aromatic carbocycles. The summed E-state index contributed by atoms with van der Waals surface area (Å²) in [4.78, 5) is 19.1. The van der Waals surface area contributed by atoms with Gasteiger partial charge in [-0.05, 0) is 20.8 Å². The number of aromatic nitrogens is 1. The van der Waals surface area contributed by atoms with E-state index in [0.29, 0.717) is 5.92 Å². The third-order valence-corrected chi connectivity index (χ3v) is 3.27. The van der Waals surface area contributed by atoms with Crippen LogP contribution in [-0.2, 0) is 4.74 Å². The Labute approximate surface area is 115 Å². The molecule has 0 spiro atoms. The summed E-state index contributed by atoms with van der Waals surface area (Å²) in [5.41, 5.74) is 13.1. The first-order chi connectivity index (χ1) is 8.87. The lowest BCUT2D eigenvalue weighted by molar-refractivity contribution is 0.00818. The number of amides is 1. The predicted octanol–water partition coefficient (Wildman–Crippen LogP) is 3.34. The molecule has 0 unspecified atom stereocenters. The normalized spacial score (nSPS) is 14.8. The first-order valence-electron chi connectivity index (χ1n) is 5.73. The van der Waals surface area contributed by atoms with Gasteiger partial charge in [-0.15, -0.1) is 11.3 Å². The van der Waals surface area contributed by atoms with E-state index < -0.39 is 5.60 Å². The van der Waals surface area contributed by atoms with Crippen LogP contribution in [0.1, 0.15) is 31.7 Å². The molecule has 0 atom stereocenters. The van der Waals surface area contributed by atoms with Crippen LogP contribution in [0.25, 0.3) is 16.0 Å². The fraction of sp³-hybridized carbons (Fsp3) is 0.636. The van der Waals surface area contributed by atoms with Crippen molar-refractivity contribution in [1.82, 2.24) is 9.88 Å². The van der Waals surface area contributed by atoms with Crippen LogP contribution in [0.15, 0.2) is 11.6 Å². The maximum atomic E-state index is 11.6. The Kier molecular flexibility index (Phi) is 5.14. The summed E-state index contributed by atoms with van der Waals surface area (Å²) in [5.74, 6) is 0.396. The van der Waals surface area contributed by atoms with Crippen LogP contribution >= 0.6 is 11.3 Å². The van der Waals surface area contributed by atoms with E-state index in [1.54, 1.807) is 22.4 Å². The van der Waals surface area contributed by atoms with Crippen LogP contribution in [0.2, 0.25) is 0 Å². The molecule has 1 aromatic rings. The van der Waals surface area contributed by atoms with Crippen LogP contribution in [-0.4, -0.2) is 34.7 Å². The van der Waals surface area contributed by atoms with Crippen molar-refractivity contribution in [2.24, 2.45) is 0 Å². The van der Waals surface area contributed by atoms with Gasteiger partial charge in [0.05, 0.1) is 5.01 Å². The minimum Gasteiger partial charge on any atom is -0.444 e. The third-order valence-electron chi connectivity index (χ3n) is 2.33. The van der Waals surface area contributed by atoms with E-state index in [0.717, 1.165) is 18.1 Å². The van der Waals surface area contributed by atoms with E-state index in [1.165, 1.54) is 4.91 Å². The summed E-state index contributed by atoms with van der Waals surface area (Å²) < 4.78 is 5.28. The van der Waals surface area contributed by atoms with E-state index in [9.17, 15) is 4.79 Å². The Bertz CT molecular complexity index is 442. The Hall–Kier alpha value is -1.79. The predicted molar refractivity (Wildman–Crippen MR) is 72.7 cm³/mol. The third kappa shape index (κ3) is 4.76. The molecule has 0 radical (unpaired) electrons. The fourth-order valence-electron chi connectivity index (χ4n) is 1.55. The first kappa shape index (κ1) is 15.3. The highest BCUT2D eigenvalue weighted by molar-refractivity contribution is 7.09. The van der Waals surface area contributed by atoms with Gasteiger partial charge in [0.2, 0.25) is 0 Å². The summed E-state index contributed by atoms with van der Waals surface area (Å²) in [6, 6.07) is 0. The van der Waals surface area contributed by atoms with Crippen LogP contribution in [0.4, 0.5) is 4.79 Å². The largest absolute Gasteiger partial charge is 0.444 e. The molecule has 2 rings (SSSR count). The molecule has 0 N–H and O–H groups in total. The number of carbonyl (C=O) groups is 1. The molecule has 1 aliphatic heterocycles. The number of ether oxygens (including phenoxy) is 1. The van der Waals surface area contributed by atoms with E-state index >= 15 is 0 Å². The Morgan fingerprint density at radius 2 is 2.11 bits per heavy atom. The van der Waals surface area contributed by atoms with Gasteiger partial charge in [0.15, 0.2) is 0 Å². The summed E-state index contributed by atoms with van der Waals surface area (Å²) in [6.45, 7) is 7.08. The zero-order valence-corrected chi connectivity index (χ0v) is 11.9. The molecule has 1 aromatic heterocycles. The van der Waals surface area contributed by atoms with Gasteiger partial charge in [-0.25, -0.2) is 9.78 Å².